The monoisotopic (exact) mass is 503 g/mol. The Morgan fingerprint density at radius 1 is 1.11 bits per heavy atom. The Hall–Kier alpha value is -2.48. The lowest BCUT2D eigenvalue weighted by atomic mass is 9.89. The van der Waals surface area contributed by atoms with Crippen molar-refractivity contribution in [2.75, 3.05) is 18.4 Å². The van der Waals surface area contributed by atoms with Crippen molar-refractivity contribution in [2.45, 2.75) is 103 Å². The highest BCUT2D eigenvalue weighted by atomic mass is 19.1. The number of nitrogens with one attached hydrogen (secondary N) is 2. The van der Waals surface area contributed by atoms with E-state index in [1.165, 1.54) is 25.0 Å². The number of nitrogens with zero attached hydrogens (tertiary/aromatic N) is 1. The number of piperidine rings is 1. The van der Waals surface area contributed by atoms with Gasteiger partial charge in [-0.2, -0.15) is 0 Å². The van der Waals surface area contributed by atoms with E-state index < -0.39 is 23.4 Å². The molecular weight excluding hydrogens is 461 g/mol. The van der Waals surface area contributed by atoms with Crippen LogP contribution in [0.3, 0.4) is 0 Å². The number of likely N-dealkylation sites (tertiary alicyclic amines) is 1. The Morgan fingerprint density at radius 3 is 2.33 bits per heavy atom. The molecule has 3 N–H and O–H groups in total. The van der Waals surface area contributed by atoms with E-state index in [2.05, 4.69) is 10.6 Å². The van der Waals surface area contributed by atoms with E-state index in [9.17, 15) is 19.5 Å². The second-order valence-corrected chi connectivity index (χ2v) is 10.9. The summed E-state index contributed by atoms with van der Waals surface area (Å²) < 4.78 is 15.0. The summed E-state index contributed by atoms with van der Waals surface area (Å²) in [6.45, 7) is 6.06. The fourth-order valence-electron chi connectivity index (χ4n) is 5.22. The first-order valence-corrected chi connectivity index (χ1v) is 13.5. The van der Waals surface area contributed by atoms with Gasteiger partial charge in [-0.05, 0) is 56.2 Å². The molecule has 0 radical (unpaired) electrons. The summed E-state index contributed by atoms with van der Waals surface area (Å²) in [7, 11) is 0. The Bertz CT molecular complexity index is 917. The van der Waals surface area contributed by atoms with Gasteiger partial charge in [-0.3, -0.25) is 14.4 Å². The van der Waals surface area contributed by atoms with Gasteiger partial charge in [-0.15, -0.1) is 0 Å². The number of carbonyl (C=O) groups is 3. The van der Waals surface area contributed by atoms with Crippen LogP contribution in [0.1, 0.15) is 96.5 Å². The fourth-order valence-corrected chi connectivity index (χ4v) is 5.22. The summed E-state index contributed by atoms with van der Waals surface area (Å²) in [5.74, 6) is -1.36. The molecule has 0 bridgehead atoms. The number of benzene rings is 1. The zero-order valence-corrected chi connectivity index (χ0v) is 21.9. The highest BCUT2D eigenvalue weighted by Gasteiger charge is 2.36. The summed E-state index contributed by atoms with van der Waals surface area (Å²) in [5.41, 5.74) is -0.110. The van der Waals surface area contributed by atoms with Crippen LogP contribution >= 0.6 is 0 Å². The summed E-state index contributed by atoms with van der Waals surface area (Å²) in [5, 5.41) is 15.8. The maximum absolute atomic E-state index is 15.0. The maximum atomic E-state index is 15.0. The van der Waals surface area contributed by atoms with E-state index in [0.29, 0.717) is 43.8 Å². The number of carbonyl (C=O) groups excluding carboxylic acids is 3. The first-order valence-electron chi connectivity index (χ1n) is 13.5. The standard InChI is InChI=1S/C28H42FN3O4/c1-4-24(33)31-26(27(35)32-15-13-28(3,36)14-16-32)19(2)21-11-12-23(22(29)18-21)30-25(34)17-20-9-7-5-6-8-10-20/h11-12,18-20,26,36H,4-10,13-17H2,1-3H3,(H,30,34)(H,31,33)/t19-,26+/m0/s1. The van der Waals surface area contributed by atoms with E-state index >= 15 is 4.39 Å². The number of hydrogen-bond acceptors (Lipinski definition) is 4. The summed E-state index contributed by atoms with van der Waals surface area (Å²) in [6, 6.07) is 3.73. The predicted octanol–water partition coefficient (Wildman–Crippen LogP) is 4.50. The summed E-state index contributed by atoms with van der Waals surface area (Å²) >= 11 is 0. The Morgan fingerprint density at radius 2 is 1.75 bits per heavy atom. The molecule has 36 heavy (non-hydrogen) atoms. The maximum Gasteiger partial charge on any atom is 0.245 e. The second-order valence-electron chi connectivity index (χ2n) is 10.9. The molecule has 2 aliphatic rings. The Labute approximate surface area is 214 Å². The Balaban J connectivity index is 1.69. The molecule has 0 spiro atoms. The molecule has 1 aromatic rings. The minimum absolute atomic E-state index is 0.128. The van der Waals surface area contributed by atoms with Gasteiger partial charge in [0.25, 0.3) is 0 Å². The number of anilines is 1. The van der Waals surface area contributed by atoms with Crippen LogP contribution in [0, 0.1) is 11.7 Å². The van der Waals surface area contributed by atoms with Gasteiger partial charge in [0.1, 0.15) is 11.9 Å². The molecular formula is C28H42FN3O4. The van der Waals surface area contributed by atoms with Gasteiger partial charge in [0.2, 0.25) is 17.7 Å². The van der Waals surface area contributed by atoms with Crippen molar-refractivity contribution in [1.29, 1.82) is 0 Å². The quantitative estimate of drug-likeness (QED) is 0.455. The zero-order valence-electron chi connectivity index (χ0n) is 21.9. The minimum Gasteiger partial charge on any atom is -0.390 e. The molecule has 7 nitrogen and oxygen atoms in total. The molecule has 1 saturated heterocycles. The predicted molar refractivity (Wildman–Crippen MR) is 138 cm³/mol. The molecule has 8 heteroatoms. The lowest BCUT2D eigenvalue weighted by molar-refractivity contribution is -0.140. The average molecular weight is 504 g/mol. The lowest BCUT2D eigenvalue weighted by Crippen LogP contribution is -2.54. The number of halogens is 1. The highest BCUT2D eigenvalue weighted by Crippen LogP contribution is 2.29. The van der Waals surface area contributed by atoms with Crippen molar-refractivity contribution in [3.8, 4) is 0 Å². The first kappa shape index (κ1) is 28.1. The van der Waals surface area contributed by atoms with Crippen molar-refractivity contribution < 1.29 is 23.9 Å². The number of hydrogen-bond donors (Lipinski definition) is 3. The zero-order chi connectivity index (χ0) is 26.3. The molecule has 1 aliphatic carbocycles. The SMILES string of the molecule is CCC(=O)N[C@@H](C(=O)N1CCC(C)(O)CC1)[C@@H](C)c1ccc(NC(=O)CC2CCCCCC2)c(F)c1. The molecule has 0 unspecified atom stereocenters. The van der Waals surface area contributed by atoms with Gasteiger partial charge in [-0.1, -0.05) is 45.6 Å². The van der Waals surface area contributed by atoms with Gasteiger partial charge >= 0.3 is 0 Å². The fraction of sp³-hybridized carbons (Fsp3) is 0.679. The molecule has 1 aliphatic heterocycles. The Kier molecular flexibility index (Phi) is 9.88. The third-order valence-electron chi connectivity index (χ3n) is 7.80. The molecule has 2 fully saturated rings. The topological polar surface area (TPSA) is 98.7 Å². The van der Waals surface area contributed by atoms with Crippen LogP contribution in [0.4, 0.5) is 10.1 Å². The van der Waals surface area contributed by atoms with E-state index in [0.717, 1.165) is 25.7 Å². The lowest BCUT2D eigenvalue weighted by Gasteiger charge is -2.38. The third kappa shape index (κ3) is 7.76. The molecule has 2 atom stereocenters. The van der Waals surface area contributed by atoms with Crippen LogP contribution in [0.2, 0.25) is 0 Å². The molecule has 3 amide bonds. The van der Waals surface area contributed by atoms with Crippen molar-refractivity contribution >= 4 is 23.4 Å². The van der Waals surface area contributed by atoms with Crippen LogP contribution < -0.4 is 10.6 Å². The van der Waals surface area contributed by atoms with Crippen molar-refractivity contribution in [1.82, 2.24) is 10.2 Å². The molecule has 1 saturated carbocycles. The number of rotatable bonds is 8. The van der Waals surface area contributed by atoms with Crippen LogP contribution in [-0.4, -0.2) is 52.5 Å². The minimum atomic E-state index is -0.851. The second kappa shape index (κ2) is 12.7. The largest absolute Gasteiger partial charge is 0.390 e. The van der Waals surface area contributed by atoms with Crippen molar-refractivity contribution in [2.24, 2.45) is 5.92 Å². The van der Waals surface area contributed by atoms with Crippen LogP contribution in [0.5, 0.6) is 0 Å². The van der Waals surface area contributed by atoms with Gasteiger partial charge in [0.05, 0.1) is 11.3 Å². The molecule has 1 heterocycles. The normalized spacial score (nSPS) is 20.2. The summed E-state index contributed by atoms with van der Waals surface area (Å²) in [6.07, 6.45) is 8.36. The van der Waals surface area contributed by atoms with E-state index in [1.54, 1.807) is 31.7 Å². The average Bonchev–Trinajstić information content (AvgIpc) is 3.11. The molecule has 1 aromatic carbocycles. The van der Waals surface area contributed by atoms with Gasteiger partial charge in [-0.25, -0.2) is 4.39 Å². The third-order valence-corrected chi connectivity index (χ3v) is 7.80. The van der Waals surface area contributed by atoms with E-state index in [4.69, 9.17) is 0 Å². The van der Waals surface area contributed by atoms with Gasteiger partial charge in [0.15, 0.2) is 0 Å². The van der Waals surface area contributed by atoms with E-state index in [-0.39, 0.29) is 29.8 Å². The molecule has 3 rings (SSSR count). The molecule has 0 aromatic heterocycles. The first-order chi connectivity index (χ1) is 17.1. The van der Waals surface area contributed by atoms with E-state index in [1.807, 2.05) is 0 Å². The van der Waals surface area contributed by atoms with Gasteiger partial charge < -0.3 is 20.6 Å². The van der Waals surface area contributed by atoms with Crippen molar-refractivity contribution in [3.05, 3.63) is 29.6 Å². The summed E-state index contributed by atoms with van der Waals surface area (Å²) in [4.78, 5) is 39.8. The van der Waals surface area contributed by atoms with Crippen LogP contribution in [-0.2, 0) is 14.4 Å². The smallest absolute Gasteiger partial charge is 0.245 e. The van der Waals surface area contributed by atoms with Gasteiger partial charge in [0, 0.05) is 31.8 Å². The number of amides is 3. The van der Waals surface area contributed by atoms with Crippen molar-refractivity contribution in [3.63, 3.8) is 0 Å². The van der Waals surface area contributed by atoms with Crippen LogP contribution in [0.25, 0.3) is 0 Å². The number of aliphatic hydroxyl groups is 1. The van der Waals surface area contributed by atoms with Crippen LogP contribution in [0.15, 0.2) is 18.2 Å². The molecule has 200 valence electrons. The highest BCUT2D eigenvalue weighted by molar-refractivity contribution is 5.91.